The summed E-state index contributed by atoms with van der Waals surface area (Å²) in [5.74, 6) is -1.74. The standard InChI is InChI=1S/C23H24ClF2NO3/c1-13(17-7-6-15(25)9-20(17)24)27-8-2-3-16(12-27)30-22-11-21(26)19(23(28)29)10-18(22)14-4-5-14/h6-7,9-11,13-14,16H,2-5,8,12H2,1H3,(H,28,29)/t13?,16-/m1/s1. The van der Waals surface area contributed by atoms with E-state index in [1.165, 1.54) is 24.3 Å². The highest BCUT2D eigenvalue weighted by atomic mass is 35.5. The third-order valence-electron chi connectivity index (χ3n) is 6.01. The summed E-state index contributed by atoms with van der Waals surface area (Å²) in [5, 5.41) is 9.62. The Labute approximate surface area is 179 Å². The molecule has 1 aliphatic heterocycles. The molecule has 1 saturated carbocycles. The Morgan fingerprint density at radius 1 is 1.23 bits per heavy atom. The van der Waals surface area contributed by atoms with Gasteiger partial charge in [0.15, 0.2) is 0 Å². The number of piperidine rings is 1. The van der Waals surface area contributed by atoms with Crippen molar-refractivity contribution in [1.82, 2.24) is 4.90 Å². The summed E-state index contributed by atoms with van der Waals surface area (Å²) in [5.41, 5.74) is 1.32. The molecule has 1 saturated heterocycles. The van der Waals surface area contributed by atoms with E-state index in [9.17, 15) is 18.7 Å². The van der Waals surface area contributed by atoms with Crippen LogP contribution in [0.2, 0.25) is 5.02 Å². The van der Waals surface area contributed by atoms with Gasteiger partial charge >= 0.3 is 5.97 Å². The van der Waals surface area contributed by atoms with Crippen molar-refractivity contribution in [2.45, 2.75) is 50.7 Å². The zero-order valence-electron chi connectivity index (χ0n) is 16.7. The van der Waals surface area contributed by atoms with Gasteiger partial charge in [-0.1, -0.05) is 17.7 Å². The van der Waals surface area contributed by atoms with Gasteiger partial charge in [-0.2, -0.15) is 0 Å². The number of carboxylic acids is 1. The Morgan fingerprint density at radius 2 is 2.00 bits per heavy atom. The topological polar surface area (TPSA) is 49.8 Å². The van der Waals surface area contributed by atoms with Crippen LogP contribution in [0, 0.1) is 11.6 Å². The fourth-order valence-corrected chi connectivity index (χ4v) is 4.51. The average Bonchev–Trinajstić information content (AvgIpc) is 3.53. The minimum absolute atomic E-state index is 0.0153. The summed E-state index contributed by atoms with van der Waals surface area (Å²) in [7, 11) is 0. The van der Waals surface area contributed by atoms with E-state index in [0.717, 1.165) is 43.4 Å². The van der Waals surface area contributed by atoms with Crippen molar-refractivity contribution in [3.63, 3.8) is 0 Å². The molecule has 1 heterocycles. The first-order chi connectivity index (χ1) is 14.3. The van der Waals surface area contributed by atoms with Gasteiger partial charge in [0.1, 0.15) is 23.5 Å². The first-order valence-electron chi connectivity index (χ1n) is 10.3. The Bertz CT molecular complexity index is 964. The number of aromatic carboxylic acids is 1. The van der Waals surface area contributed by atoms with Crippen LogP contribution in [-0.4, -0.2) is 35.2 Å². The van der Waals surface area contributed by atoms with Crippen LogP contribution in [0.4, 0.5) is 8.78 Å². The van der Waals surface area contributed by atoms with Crippen LogP contribution >= 0.6 is 11.6 Å². The van der Waals surface area contributed by atoms with Gasteiger partial charge in [-0.25, -0.2) is 13.6 Å². The van der Waals surface area contributed by atoms with Crippen molar-refractivity contribution < 1.29 is 23.4 Å². The summed E-state index contributed by atoms with van der Waals surface area (Å²) in [6.07, 6.45) is 3.50. The van der Waals surface area contributed by atoms with E-state index in [4.69, 9.17) is 16.3 Å². The number of ether oxygens (including phenoxy) is 1. The molecular weight excluding hydrogens is 412 g/mol. The third kappa shape index (κ3) is 4.44. The highest BCUT2D eigenvalue weighted by Crippen LogP contribution is 2.45. The second-order valence-electron chi connectivity index (χ2n) is 8.17. The smallest absolute Gasteiger partial charge is 0.338 e. The molecular formula is C23H24ClF2NO3. The van der Waals surface area contributed by atoms with Gasteiger partial charge < -0.3 is 9.84 Å². The molecule has 0 bridgehead atoms. The van der Waals surface area contributed by atoms with Gasteiger partial charge in [-0.3, -0.25) is 4.90 Å². The minimum Gasteiger partial charge on any atom is -0.489 e. The van der Waals surface area contributed by atoms with E-state index < -0.39 is 11.8 Å². The van der Waals surface area contributed by atoms with Crippen molar-refractivity contribution in [2.24, 2.45) is 0 Å². The summed E-state index contributed by atoms with van der Waals surface area (Å²) >= 11 is 6.24. The molecule has 0 radical (unpaired) electrons. The van der Waals surface area contributed by atoms with Gasteiger partial charge in [0.2, 0.25) is 0 Å². The summed E-state index contributed by atoms with van der Waals surface area (Å²) in [6, 6.07) is 7.06. The Hall–Kier alpha value is -2.18. The van der Waals surface area contributed by atoms with E-state index in [-0.39, 0.29) is 29.4 Å². The Kier molecular flexibility index (Phi) is 5.98. The van der Waals surface area contributed by atoms with Crippen LogP contribution in [0.5, 0.6) is 5.75 Å². The number of likely N-dealkylation sites (tertiary alicyclic amines) is 1. The van der Waals surface area contributed by atoms with Gasteiger partial charge in [-0.15, -0.1) is 0 Å². The van der Waals surface area contributed by atoms with Crippen LogP contribution in [0.1, 0.15) is 66.1 Å². The molecule has 1 unspecified atom stereocenters. The molecule has 30 heavy (non-hydrogen) atoms. The van der Waals surface area contributed by atoms with Crippen LogP contribution < -0.4 is 4.74 Å². The van der Waals surface area contributed by atoms with Crippen molar-refractivity contribution in [2.75, 3.05) is 13.1 Å². The Morgan fingerprint density at radius 3 is 2.67 bits per heavy atom. The summed E-state index contributed by atoms with van der Waals surface area (Å²) in [6.45, 7) is 3.51. The molecule has 0 aromatic heterocycles. The van der Waals surface area contributed by atoms with Crippen LogP contribution in [0.15, 0.2) is 30.3 Å². The summed E-state index contributed by atoms with van der Waals surface area (Å²) in [4.78, 5) is 13.5. The van der Waals surface area contributed by atoms with E-state index in [1.807, 2.05) is 6.92 Å². The normalized spacial score (nSPS) is 20.7. The van der Waals surface area contributed by atoms with Gasteiger partial charge in [-0.05, 0) is 74.4 Å². The number of nitrogens with zero attached hydrogens (tertiary/aromatic N) is 1. The third-order valence-corrected chi connectivity index (χ3v) is 6.34. The maximum Gasteiger partial charge on any atom is 0.338 e. The quantitative estimate of drug-likeness (QED) is 0.623. The van der Waals surface area contributed by atoms with E-state index in [1.54, 1.807) is 6.07 Å². The minimum atomic E-state index is -1.27. The number of carboxylic acid groups (broad SMARTS) is 1. The van der Waals surface area contributed by atoms with E-state index in [0.29, 0.717) is 17.3 Å². The van der Waals surface area contributed by atoms with Gasteiger partial charge in [0.05, 0.1) is 5.56 Å². The number of halogens is 3. The second-order valence-corrected chi connectivity index (χ2v) is 8.58. The average molecular weight is 436 g/mol. The second kappa shape index (κ2) is 8.52. The molecule has 2 atom stereocenters. The molecule has 2 aromatic carbocycles. The highest BCUT2D eigenvalue weighted by Gasteiger charge is 2.32. The Balaban J connectivity index is 1.52. The first kappa shape index (κ1) is 21.1. The zero-order valence-corrected chi connectivity index (χ0v) is 17.5. The zero-order chi connectivity index (χ0) is 21.4. The molecule has 160 valence electrons. The number of benzene rings is 2. The van der Waals surface area contributed by atoms with Gasteiger partial charge in [0.25, 0.3) is 0 Å². The van der Waals surface area contributed by atoms with Crippen molar-refractivity contribution in [1.29, 1.82) is 0 Å². The molecule has 2 fully saturated rings. The summed E-state index contributed by atoms with van der Waals surface area (Å²) < 4.78 is 33.9. The molecule has 0 spiro atoms. The van der Waals surface area contributed by atoms with Crippen molar-refractivity contribution in [3.05, 3.63) is 63.7 Å². The molecule has 0 amide bonds. The lowest BCUT2D eigenvalue weighted by Crippen LogP contribution is -2.42. The molecule has 1 aliphatic carbocycles. The number of rotatable bonds is 6. The fraction of sp³-hybridized carbons (Fsp3) is 0.435. The lowest BCUT2D eigenvalue weighted by atomic mass is 10.0. The predicted molar refractivity (Wildman–Crippen MR) is 110 cm³/mol. The first-order valence-corrected chi connectivity index (χ1v) is 10.6. The van der Waals surface area contributed by atoms with Crippen molar-refractivity contribution in [3.8, 4) is 5.75 Å². The van der Waals surface area contributed by atoms with Crippen LogP contribution in [0.3, 0.4) is 0 Å². The predicted octanol–water partition coefficient (Wildman–Crippen LogP) is 5.80. The SMILES string of the molecule is CC(c1ccc(F)cc1Cl)N1CCC[C@@H](Oc2cc(F)c(C(=O)O)cc2C2CC2)C1. The van der Waals surface area contributed by atoms with Crippen LogP contribution in [-0.2, 0) is 0 Å². The van der Waals surface area contributed by atoms with Gasteiger partial charge in [0, 0.05) is 23.7 Å². The van der Waals surface area contributed by atoms with Crippen LogP contribution in [0.25, 0.3) is 0 Å². The molecule has 2 aliphatic rings. The molecule has 4 nitrogen and oxygen atoms in total. The number of hydrogen-bond acceptors (Lipinski definition) is 3. The lowest BCUT2D eigenvalue weighted by Gasteiger charge is -2.37. The van der Waals surface area contributed by atoms with E-state index >= 15 is 0 Å². The molecule has 2 aromatic rings. The maximum atomic E-state index is 14.3. The molecule has 7 heteroatoms. The van der Waals surface area contributed by atoms with E-state index in [2.05, 4.69) is 4.90 Å². The van der Waals surface area contributed by atoms with Crippen molar-refractivity contribution >= 4 is 17.6 Å². The molecule has 1 N–H and O–H groups in total. The largest absolute Gasteiger partial charge is 0.489 e. The maximum absolute atomic E-state index is 14.3. The number of hydrogen-bond donors (Lipinski definition) is 1. The highest BCUT2D eigenvalue weighted by molar-refractivity contribution is 6.31. The lowest BCUT2D eigenvalue weighted by molar-refractivity contribution is 0.0647. The molecule has 4 rings (SSSR count). The monoisotopic (exact) mass is 435 g/mol. The fourth-order valence-electron chi connectivity index (χ4n) is 4.18. The number of carbonyl (C=O) groups is 1.